The van der Waals surface area contributed by atoms with Crippen molar-refractivity contribution in [1.29, 1.82) is 0 Å². The summed E-state index contributed by atoms with van der Waals surface area (Å²) in [6.45, 7) is 1.82. The molecule has 0 bridgehead atoms. The standard InChI is InChI=1S/C11H13BrN4O2/c1-6-7(12)2-3-8(14-6)15-10(18)16-11(4-5-11)9(13)17/h2-3H,4-5H2,1H3,(H2,13,17)(H2,14,15,16,18). The van der Waals surface area contributed by atoms with Gasteiger partial charge in [0.2, 0.25) is 5.91 Å². The average molecular weight is 313 g/mol. The number of urea groups is 1. The third kappa shape index (κ3) is 2.61. The molecule has 1 saturated carbocycles. The van der Waals surface area contributed by atoms with Gasteiger partial charge in [0, 0.05) is 4.47 Å². The lowest BCUT2D eigenvalue weighted by Crippen LogP contribution is -2.48. The summed E-state index contributed by atoms with van der Waals surface area (Å²) in [7, 11) is 0. The number of carbonyl (C=O) groups is 2. The molecule has 0 unspecified atom stereocenters. The van der Waals surface area contributed by atoms with Gasteiger partial charge in [-0.25, -0.2) is 9.78 Å². The van der Waals surface area contributed by atoms with E-state index in [4.69, 9.17) is 5.73 Å². The summed E-state index contributed by atoms with van der Waals surface area (Å²) >= 11 is 3.32. The number of aryl methyl sites for hydroxylation is 1. The molecule has 1 aliphatic rings. The second-order valence-corrected chi connectivity index (χ2v) is 5.14. The Hall–Kier alpha value is -1.63. The van der Waals surface area contributed by atoms with Gasteiger partial charge in [-0.3, -0.25) is 10.1 Å². The van der Waals surface area contributed by atoms with Gasteiger partial charge in [0.05, 0.1) is 5.69 Å². The van der Waals surface area contributed by atoms with Crippen molar-refractivity contribution in [3.63, 3.8) is 0 Å². The maximum absolute atomic E-state index is 11.7. The first-order valence-corrected chi connectivity index (χ1v) is 6.24. The minimum atomic E-state index is -0.867. The van der Waals surface area contributed by atoms with Crippen molar-refractivity contribution < 1.29 is 9.59 Å². The normalized spacial score (nSPS) is 15.9. The number of primary amides is 1. The Balaban J connectivity index is 1.99. The highest BCUT2D eigenvalue weighted by molar-refractivity contribution is 9.10. The van der Waals surface area contributed by atoms with E-state index < -0.39 is 17.5 Å². The molecular formula is C11H13BrN4O2. The highest BCUT2D eigenvalue weighted by Crippen LogP contribution is 2.34. The van der Waals surface area contributed by atoms with Gasteiger partial charge in [-0.2, -0.15) is 0 Å². The predicted octanol–water partition coefficient (Wildman–Crippen LogP) is 1.29. The fraction of sp³-hybridized carbons (Fsp3) is 0.364. The fourth-order valence-corrected chi connectivity index (χ4v) is 1.76. The van der Waals surface area contributed by atoms with E-state index in [-0.39, 0.29) is 0 Å². The number of carbonyl (C=O) groups excluding carboxylic acids is 2. The highest BCUT2D eigenvalue weighted by Gasteiger charge is 2.49. The molecule has 0 spiro atoms. The number of rotatable bonds is 3. The maximum atomic E-state index is 11.7. The molecule has 1 heterocycles. The SMILES string of the molecule is Cc1nc(NC(=O)NC2(C(N)=O)CC2)ccc1Br. The lowest BCUT2D eigenvalue weighted by molar-refractivity contribution is -0.120. The van der Waals surface area contributed by atoms with Crippen molar-refractivity contribution in [2.45, 2.75) is 25.3 Å². The summed E-state index contributed by atoms with van der Waals surface area (Å²) in [5, 5.41) is 5.14. The van der Waals surface area contributed by atoms with Gasteiger partial charge in [-0.1, -0.05) is 0 Å². The van der Waals surface area contributed by atoms with Gasteiger partial charge < -0.3 is 11.1 Å². The smallest absolute Gasteiger partial charge is 0.321 e. The average Bonchev–Trinajstić information content (AvgIpc) is 3.04. The monoisotopic (exact) mass is 312 g/mol. The number of nitrogens with one attached hydrogen (secondary N) is 2. The molecule has 96 valence electrons. The molecule has 1 aliphatic carbocycles. The minimum Gasteiger partial charge on any atom is -0.368 e. The first-order valence-electron chi connectivity index (χ1n) is 5.45. The molecular weight excluding hydrogens is 300 g/mol. The van der Waals surface area contributed by atoms with Gasteiger partial charge in [-0.05, 0) is 47.8 Å². The summed E-state index contributed by atoms with van der Waals surface area (Å²) < 4.78 is 0.865. The molecule has 1 fully saturated rings. The Morgan fingerprint density at radius 1 is 1.44 bits per heavy atom. The fourth-order valence-electron chi connectivity index (χ4n) is 1.54. The molecule has 1 aromatic heterocycles. The zero-order valence-corrected chi connectivity index (χ0v) is 11.4. The summed E-state index contributed by atoms with van der Waals surface area (Å²) in [4.78, 5) is 27.0. The number of pyridine rings is 1. The van der Waals surface area contributed by atoms with Crippen molar-refractivity contribution in [1.82, 2.24) is 10.3 Å². The van der Waals surface area contributed by atoms with Crippen LogP contribution in [0.4, 0.5) is 10.6 Å². The molecule has 3 amide bonds. The first kappa shape index (κ1) is 12.8. The van der Waals surface area contributed by atoms with Crippen LogP contribution < -0.4 is 16.4 Å². The third-order valence-electron chi connectivity index (χ3n) is 2.84. The number of aromatic nitrogens is 1. The summed E-state index contributed by atoms with van der Waals surface area (Å²) in [5.74, 6) is -0.0777. The maximum Gasteiger partial charge on any atom is 0.321 e. The minimum absolute atomic E-state index is 0.425. The molecule has 1 aromatic rings. The van der Waals surface area contributed by atoms with E-state index in [9.17, 15) is 9.59 Å². The Morgan fingerprint density at radius 3 is 2.61 bits per heavy atom. The van der Waals surface area contributed by atoms with Gasteiger partial charge in [0.15, 0.2) is 0 Å². The van der Waals surface area contributed by atoms with Crippen LogP contribution in [0.25, 0.3) is 0 Å². The molecule has 6 nitrogen and oxygen atoms in total. The zero-order chi connectivity index (χ0) is 13.3. The second kappa shape index (κ2) is 4.56. The van der Waals surface area contributed by atoms with Crippen LogP contribution in [0.2, 0.25) is 0 Å². The second-order valence-electron chi connectivity index (χ2n) is 4.29. The number of amides is 3. The van der Waals surface area contributed by atoms with Gasteiger partial charge >= 0.3 is 6.03 Å². The van der Waals surface area contributed by atoms with Crippen LogP contribution in [0.3, 0.4) is 0 Å². The van der Waals surface area contributed by atoms with E-state index in [2.05, 4.69) is 31.5 Å². The van der Waals surface area contributed by atoms with Gasteiger partial charge in [0.1, 0.15) is 11.4 Å². The van der Waals surface area contributed by atoms with Crippen LogP contribution in [-0.2, 0) is 4.79 Å². The van der Waals surface area contributed by atoms with Gasteiger partial charge in [-0.15, -0.1) is 0 Å². The van der Waals surface area contributed by atoms with E-state index in [0.29, 0.717) is 18.7 Å². The third-order valence-corrected chi connectivity index (χ3v) is 3.68. The van der Waals surface area contributed by atoms with E-state index in [1.807, 2.05) is 6.92 Å². The first-order chi connectivity index (χ1) is 8.43. The lowest BCUT2D eigenvalue weighted by Gasteiger charge is -2.14. The Bertz CT molecular complexity index is 514. The van der Waals surface area contributed by atoms with Crippen LogP contribution >= 0.6 is 15.9 Å². The Labute approximate surface area is 112 Å². The van der Waals surface area contributed by atoms with Crippen LogP contribution in [0.1, 0.15) is 18.5 Å². The summed E-state index contributed by atoms with van der Waals surface area (Å²) in [6.07, 6.45) is 1.17. The molecule has 0 aliphatic heterocycles. The van der Waals surface area contributed by atoms with Crippen molar-refractivity contribution in [2.75, 3.05) is 5.32 Å². The van der Waals surface area contributed by atoms with Crippen LogP contribution in [0.15, 0.2) is 16.6 Å². The molecule has 18 heavy (non-hydrogen) atoms. The van der Waals surface area contributed by atoms with Gasteiger partial charge in [0.25, 0.3) is 0 Å². The number of halogens is 1. The van der Waals surface area contributed by atoms with E-state index in [0.717, 1.165) is 10.2 Å². The predicted molar refractivity (Wildman–Crippen MR) is 70.0 cm³/mol. The number of nitrogens with two attached hydrogens (primary N) is 1. The molecule has 0 atom stereocenters. The van der Waals surface area contributed by atoms with Crippen molar-refractivity contribution >= 4 is 33.7 Å². The number of anilines is 1. The molecule has 0 saturated heterocycles. The number of nitrogens with zero attached hydrogens (tertiary/aromatic N) is 1. The van der Waals surface area contributed by atoms with Crippen LogP contribution in [0.5, 0.6) is 0 Å². The molecule has 2 rings (SSSR count). The topological polar surface area (TPSA) is 97.1 Å². The molecule has 7 heteroatoms. The van der Waals surface area contributed by atoms with E-state index in [1.165, 1.54) is 0 Å². The molecule has 4 N–H and O–H groups in total. The van der Waals surface area contributed by atoms with E-state index >= 15 is 0 Å². The number of hydrogen-bond acceptors (Lipinski definition) is 3. The number of hydrogen-bond donors (Lipinski definition) is 3. The highest BCUT2D eigenvalue weighted by atomic mass is 79.9. The quantitative estimate of drug-likeness (QED) is 0.784. The Morgan fingerprint density at radius 2 is 2.11 bits per heavy atom. The lowest BCUT2D eigenvalue weighted by atomic mass is 10.2. The largest absolute Gasteiger partial charge is 0.368 e. The van der Waals surface area contributed by atoms with Crippen molar-refractivity contribution in [2.24, 2.45) is 5.73 Å². The Kier molecular flexibility index (Phi) is 3.25. The van der Waals surface area contributed by atoms with Crippen LogP contribution in [0, 0.1) is 6.92 Å². The van der Waals surface area contributed by atoms with Crippen molar-refractivity contribution in [3.8, 4) is 0 Å². The van der Waals surface area contributed by atoms with Crippen molar-refractivity contribution in [3.05, 3.63) is 22.3 Å². The summed E-state index contributed by atoms with van der Waals surface area (Å²) in [5.41, 5.74) is 5.12. The zero-order valence-electron chi connectivity index (χ0n) is 9.79. The van der Waals surface area contributed by atoms with Crippen LogP contribution in [-0.4, -0.2) is 22.5 Å². The molecule has 0 aromatic carbocycles. The molecule has 0 radical (unpaired) electrons. The summed E-state index contributed by atoms with van der Waals surface area (Å²) in [6, 6.07) is 2.99. The van der Waals surface area contributed by atoms with E-state index in [1.54, 1.807) is 12.1 Å².